The van der Waals surface area contributed by atoms with Crippen molar-refractivity contribution in [3.8, 4) is 17.1 Å². The van der Waals surface area contributed by atoms with Crippen LogP contribution >= 0.6 is 0 Å². The molecule has 0 aliphatic rings. The SMILES string of the molecule is CCOC(=O)c1nc(-c2ccc(C)c(OC)c2)n(C)n1. The van der Waals surface area contributed by atoms with Crippen molar-refractivity contribution in [3.05, 3.63) is 29.6 Å². The third-order valence-electron chi connectivity index (χ3n) is 2.89. The number of aryl methyl sites for hydroxylation is 2. The van der Waals surface area contributed by atoms with Gasteiger partial charge in [-0.3, -0.25) is 0 Å². The lowest BCUT2D eigenvalue weighted by Gasteiger charge is -2.06. The molecule has 1 aromatic carbocycles. The zero-order valence-corrected chi connectivity index (χ0v) is 12.0. The van der Waals surface area contributed by atoms with Gasteiger partial charge in [-0.25, -0.2) is 14.5 Å². The summed E-state index contributed by atoms with van der Waals surface area (Å²) in [7, 11) is 3.35. The minimum atomic E-state index is -0.520. The molecule has 106 valence electrons. The van der Waals surface area contributed by atoms with Crippen molar-refractivity contribution in [1.29, 1.82) is 0 Å². The second-order valence-corrected chi connectivity index (χ2v) is 4.29. The van der Waals surface area contributed by atoms with Gasteiger partial charge in [-0.05, 0) is 25.5 Å². The summed E-state index contributed by atoms with van der Waals surface area (Å²) in [6.07, 6.45) is 0. The molecule has 0 fully saturated rings. The number of carbonyl (C=O) groups is 1. The first-order valence-corrected chi connectivity index (χ1v) is 6.30. The third-order valence-corrected chi connectivity index (χ3v) is 2.89. The van der Waals surface area contributed by atoms with E-state index in [1.165, 1.54) is 0 Å². The molecule has 0 amide bonds. The molecule has 0 radical (unpaired) electrons. The predicted octanol–water partition coefficient (Wildman–Crippen LogP) is 1.98. The number of aromatic nitrogens is 3. The van der Waals surface area contributed by atoms with E-state index in [0.717, 1.165) is 16.9 Å². The summed E-state index contributed by atoms with van der Waals surface area (Å²) in [4.78, 5) is 15.9. The molecule has 0 N–H and O–H groups in total. The fraction of sp³-hybridized carbons (Fsp3) is 0.357. The molecule has 2 aromatic rings. The van der Waals surface area contributed by atoms with Crippen LogP contribution in [0.5, 0.6) is 5.75 Å². The van der Waals surface area contributed by atoms with Crippen molar-refractivity contribution >= 4 is 5.97 Å². The van der Waals surface area contributed by atoms with E-state index in [1.54, 1.807) is 25.8 Å². The Morgan fingerprint density at radius 3 is 2.80 bits per heavy atom. The Labute approximate surface area is 117 Å². The van der Waals surface area contributed by atoms with E-state index < -0.39 is 5.97 Å². The van der Waals surface area contributed by atoms with Crippen LogP contribution in [0.3, 0.4) is 0 Å². The quantitative estimate of drug-likeness (QED) is 0.798. The highest BCUT2D eigenvalue weighted by Gasteiger charge is 2.17. The van der Waals surface area contributed by atoms with Gasteiger partial charge in [-0.15, -0.1) is 5.10 Å². The molecule has 0 saturated heterocycles. The van der Waals surface area contributed by atoms with Crippen LogP contribution in [0.1, 0.15) is 23.1 Å². The molecular weight excluding hydrogens is 258 g/mol. The van der Waals surface area contributed by atoms with Crippen LogP contribution in [0.15, 0.2) is 18.2 Å². The van der Waals surface area contributed by atoms with E-state index in [0.29, 0.717) is 12.4 Å². The number of esters is 1. The highest BCUT2D eigenvalue weighted by molar-refractivity contribution is 5.85. The van der Waals surface area contributed by atoms with Gasteiger partial charge in [-0.2, -0.15) is 0 Å². The molecule has 1 aromatic heterocycles. The van der Waals surface area contributed by atoms with E-state index in [1.807, 2.05) is 25.1 Å². The maximum atomic E-state index is 11.6. The highest BCUT2D eigenvalue weighted by Crippen LogP contribution is 2.25. The van der Waals surface area contributed by atoms with Crippen molar-refractivity contribution < 1.29 is 14.3 Å². The Bertz CT molecular complexity index is 635. The molecule has 0 atom stereocenters. The summed E-state index contributed by atoms with van der Waals surface area (Å²) in [6, 6.07) is 5.72. The van der Waals surface area contributed by atoms with Gasteiger partial charge in [0.15, 0.2) is 5.82 Å². The van der Waals surface area contributed by atoms with E-state index >= 15 is 0 Å². The number of carbonyl (C=O) groups excluding carboxylic acids is 1. The second-order valence-electron chi connectivity index (χ2n) is 4.29. The Hall–Kier alpha value is -2.37. The van der Waals surface area contributed by atoms with Crippen molar-refractivity contribution in [2.24, 2.45) is 7.05 Å². The Morgan fingerprint density at radius 1 is 1.40 bits per heavy atom. The number of rotatable bonds is 4. The maximum absolute atomic E-state index is 11.6. The van der Waals surface area contributed by atoms with Gasteiger partial charge in [0.25, 0.3) is 5.82 Å². The van der Waals surface area contributed by atoms with E-state index in [-0.39, 0.29) is 5.82 Å². The first kappa shape index (κ1) is 14.0. The molecule has 0 spiro atoms. The number of hydrogen-bond acceptors (Lipinski definition) is 5. The number of benzene rings is 1. The first-order chi connectivity index (χ1) is 9.56. The van der Waals surface area contributed by atoms with Crippen molar-refractivity contribution in [3.63, 3.8) is 0 Å². The summed E-state index contributed by atoms with van der Waals surface area (Å²) >= 11 is 0. The average molecular weight is 275 g/mol. The molecule has 20 heavy (non-hydrogen) atoms. The monoisotopic (exact) mass is 275 g/mol. The lowest BCUT2D eigenvalue weighted by molar-refractivity contribution is 0.0512. The number of hydrogen-bond donors (Lipinski definition) is 0. The largest absolute Gasteiger partial charge is 0.496 e. The minimum absolute atomic E-state index is 0.0592. The van der Waals surface area contributed by atoms with Crippen LogP contribution in [-0.2, 0) is 11.8 Å². The summed E-state index contributed by atoms with van der Waals surface area (Å²) in [6.45, 7) is 4.00. The molecule has 0 unspecified atom stereocenters. The van der Waals surface area contributed by atoms with Gasteiger partial charge in [0.2, 0.25) is 0 Å². The number of methoxy groups -OCH3 is 1. The summed E-state index contributed by atoms with van der Waals surface area (Å²) in [5.74, 6) is 0.895. The van der Waals surface area contributed by atoms with E-state index in [4.69, 9.17) is 9.47 Å². The van der Waals surface area contributed by atoms with Gasteiger partial charge in [0.05, 0.1) is 13.7 Å². The molecule has 2 rings (SSSR count). The fourth-order valence-corrected chi connectivity index (χ4v) is 1.88. The van der Waals surface area contributed by atoms with Crippen molar-refractivity contribution in [2.45, 2.75) is 13.8 Å². The Morgan fingerprint density at radius 2 is 2.15 bits per heavy atom. The molecule has 0 aliphatic carbocycles. The molecule has 0 bridgehead atoms. The van der Waals surface area contributed by atoms with Gasteiger partial charge < -0.3 is 9.47 Å². The van der Waals surface area contributed by atoms with Crippen LogP contribution in [0.4, 0.5) is 0 Å². The molecule has 6 heteroatoms. The standard InChI is InChI=1S/C14H17N3O3/c1-5-20-14(18)12-15-13(17(3)16-12)10-7-6-9(2)11(8-10)19-4/h6-8H,5H2,1-4H3. The average Bonchev–Trinajstić information content (AvgIpc) is 2.82. The van der Waals surface area contributed by atoms with E-state index in [2.05, 4.69) is 10.1 Å². The lowest BCUT2D eigenvalue weighted by Crippen LogP contribution is -2.07. The van der Waals surface area contributed by atoms with Gasteiger partial charge in [0, 0.05) is 12.6 Å². The molecule has 0 aliphatic heterocycles. The number of ether oxygens (including phenoxy) is 2. The normalized spacial score (nSPS) is 10.4. The maximum Gasteiger partial charge on any atom is 0.378 e. The fourth-order valence-electron chi connectivity index (χ4n) is 1.88. The molecule has 0 saturated carbocycles. The summed E-state index contributed by atoms with van der Waals surface area (Å²) < 4.78 is 11.7. The van der Waals surface area contributed by atoms with Crippen molar-refractivity contribution in [1.82, 2.24) is 14.8 Å². The first-order valence-electron chi connectivity index (χ1n) is 6.30. The minimum Gasteiger partial charge on any atom is -0.496 e. The van der Waals surface area contributed by atoms with Crippen LogP contribution < -0.4 is 4.74 Å². The predicted molar refractivity (Wildman–Crippen MR) is 73.7 cm³/mol. The number of nitrogens with zero attached hydrogens (tertiary/aromatic N) is 3. The van der Waals surface area contributed by atoms with Crippen LogP contribution in [0.2, 0.25) is 0 Å². The highest BCUT2D eigenvalue weighted by atomic mass is 16.5. The zero-order valence-electron chi connectivity index (χ0n) is 12.0. The Balaban J connectivity index is 2.40. The summed E-state index contributed by atoms with van der Waals surface area (Å²) in [5.41, 5.74) is 1.86. The molecule has 6 nitrogen and oxygen atoms in total. The summed E-state index contributed by atoms with van der Waals surface area (Å²) in [5, 5.41) is 4.07. The molecule has 1 heterocycles. The third kappa shape index (κ3) is 2.64. The van der Waals surface area contributed by atoms with E-state index in [9.17, 15) is 4.79 Å². The van der Waals surface area contributed by atoms with Crippen LogP contribution in [-0.4, -0.2) is 34.5 Å². The topological polar surface area (TPSA) is 66.2 Å². The van der Waals surface area contributed by atoms with Crippen LogP contribution in [0.25, 0.3) is 11.4 Å². The van der Waals surface area contributed by atoms with Crippen molar-refractivity contribution in [2.75, 3.05) is 13.7 Å². The zero-order chi connectivity index (χ0) is 14.7. The Kier molecular flexibility index (Phi) is 4.02. The molecular formula is C14H17N3O3. The van der Waals surface area contributed by atoms with Crippen LogP contribution in [0, 0.1) is 6.92 Å². The smallest absolute Gasteiger partial charge is 0.378 e. The van der Waals surface area contributed by atoms with Gasteiger partial charge in [0.1, 0.15) is 5.75 Å². The van der Waals surface area contributed by atoms with Gasteiger partial charge in [-0.1, -0.05) is 12.1 Å². The lowest BCUT2D eigenvalue weighted by atomic mass is 10.1. The second kappa shape index (κ2) is 5.73. The van der Waals surface area contributed by atoms with Gasteiger partial charge >= 0.3 is 5.97 Å².